The Hall–Kier alpha value is -3.37. The summed E-state index contributed by atoms with van der Waals surface area (Å²) in [5.41, 5.74) is 3.97. The molecule has 1 aromatic heterocycles. The van der Waals surface area contributed by atoms with Gasteiger partial charge in [-0.25, -0.2) is 4.98 Å². The second-order valence-electron chi connectivity index (χ2n) is 5.58. The quantitative estimate of drug-likeness (QED) is 0.670. The van der Waals surface area contributed by atoms with Gasteiger partial charge in [-0.3, -0.25) is 0 Å². The van der Waals surface area contributed by atoms with Gasteiger partial charge in [0.15, 0.2) is 11.5 Å². The summed E-state index contributed by atoms with van der Waals surface area (Å²) in [6.07, 6.45) is 10.8. The molecule has 1 heterocycles. The van der Waals surface area contributed by atoms with E-state index in [0.29, 0.717) is 18.0 Å². The monoisotopic (exact) mass is 330 g/mol. The lowest BCUT2D eigenvalue weighted by Crippen LogP contribution is -2.00. The molecule has 0 atom stereocenters. The lowest BCUT2D eigenvalue weighted by molar-refractivity contribution is 0.331. The molecule has 0 saturated heterocycles. The number of hydrogen-bond acceptors (Lipinski definition) is 3. The van der Waals surface area contributed by atoms with Crippen molar-refractivity contribution in [2.75, 3.05) is 13.7 Å². The van der Waals surface area contributed by atoms with E-state index in [9.17, 15) is 0 Å². The minimum absolute atomic E-state index is 0.185. The Morgan fingerprint density at radius 2 is 1.92 bits per heavy atom. The molecule has 0 aliphatic heterocycles. The Bertz CT molecular complexity index is 1000. The molecular weight excluding hydrogens is 312 g/mol. The van der Waals surface area contributed by atoms with E-state index in [0.717, 1.165) is 28.0 Å². The lowest BCUT2D eigenvalue weighted by atomic mass is 10.2. The highest BCUT2D eigenvalue weighted by molar-refractivity contribution is 5.82. The Morgan fingerprint density at radius 1 is 1.08 bits per heavy atom. The van der Waals surface area contributed by atoms with Gasteiger partial charge in [0.25, 0.3) is 0 Å². The molecule has 0 bridgehead atoms. The molecule has 124 valence electrons. The van der Waals surface area contributed by atoms with E-state index < -0.39 is 0 Å². The summed E-state index contributed by atoms with van der Waals surface area (Å²) in [6.45, 7) is 2.66. The first-order valence-electron chi connectivity index (χ1n) is 7.83. The topological polar surface area (TPSA) is 36.3 Å². The van der Waals surface area contributed by atoms with Crippen molar-refractivity contribution in [3.05, 3.63) is 42.0 Å². The maximum absolute atomic E-state index is 5.56. The number of nitrogens with zero attached hydrogens (tertiary/aromatic N) is 2. The van der Waals surface area contributed by atoms with Gasteiger partial charge < -0.3 is 14.0 Å². The van der Waals surface area contributed by atoms with Gasteiger partial charge in [-0.05, 0) is 42.8 Å². The van der Waals surface area contributed by atoms with Gasteiger partial charge in [0.1, 0.15) is 12.4 Å². The van der Waals surface area contributed by atoms with Crippen LogP contribution in [0.4, 0.5) is 0 Å². The van der Waals surface area contributed by atoms with Crippen molar-refractivity contribution >= 4 is 11.0 Å². The van der Waals surface area contributed by atoms with E-state index in [1.54, 1.807) is 7.11 Å². The molecule has 0 N–H and O–H groups in total. The van der Waals surface area contributed by atoms with Crippen LogP contribution in [0.25, 0.3) is 22.4 Å². The highest BCUT2D eigenvalue weighted by Crippen LogP contribution is 2.33. The Balaban J connectivity index is 2.14. The van der Waals surface area contributed by atoms with Crippen LogP contribution in [-0.2, 0) is 6.54 Å². The molecule has 0 amide bonds. The lowest BCUT2D eigenvalue weighted by Gasteiger charge is -2.11. The molecule has 0 unspecified atom stereocenters. The zero-order valence-electron chi connectivity index (χ0n) is 14.2. The normalized spacial score (nSPS) is 10.2. The molecule has 0 saturated carbocycles. The maximum atomic E-state index is 5.56. The number of ether oxygens (including phenoxy) is 2. The molecular formula is C21H18N2O2. The van der Waals surface area contributed by atoms with Crippen LogP contribution in [-0.4, -0.2) is 23.3 Å². The van der Waals surface area contributed by atoms with Crippen molar-refractivity contribution in [3.8, 4) is 47.6 Å². The van der Waals surface area contributed by atoms with Crippen LogP contribution in [0.1, 0.15) is 5.56 Å². The second-order valence-corrected chi connectivity index (χ2v) is 5.58. The van der Waals surface area contributed by atoms with Crippen molar-refractivity contribution in [1.29, 1.82) is 0 Å². The van der Waals surface area contributed by atoms with Gasteiger partial charge in [0.2, 0.25) is 0 Å². The Kier molecular flexibility index (Phi) is 4.64. The van der Waals surface area contributed by atoms with Gasteiger partial charge in [0.05, 0.1) is 24.7 Å². The van der Waals surface area contributed by atoms with Crippen LogP contribution < -0.4 is 9.47 Å². The maximum Gasteiger partial charge on any atom is 0.162 e. The van der Waals surface area contributed by atoms with Gasteiger partial charge in [0, 0.05) is 5.56 Å². The molecule has 0 aliphatic carbocycles. The van der Waals surface area contributed by atoms with Crippen LogP contribution in [0.15, 0.2) is 36.4 Å². The van der Waals surface area contributed by atoms with Gasteiger partial charge in [-0.2, -0.15) is 0 Å². The third kappa shape index (κ3) is 3.16. The summed E-state index contributed by atoms with van der Waals surface area (Å²) >= 11 is 0. The molecule has 3 aromatic rings. The molecule has 4 nitrogen and oxygen atoms in total. The first-order chi connectivity index (χ1) is 12.2. The van der Waals surface area contributed by atoms with Crippen molar-refractivity contribution in [2.24, 2.45) is 0 Å². The number of terminal acetylenes is 2. The van der Waals surface area contributed by atoms with Crippen molar-refractivity contribution in [1.82, 2.24) is 9.55 Å². The van der Waals surface area contributed by atoms with E-state index in [2.05, 4.69) is 17.9 Å². The standard InChI is InChI=1S/C21H18N2O2/c1-5-11-23-18-9-7-15(3)13-17(18)22-21(23)16-8-10-19(25-12-6-2)20(14-16)24-4/h1-2,7-10,13-14H,11-12H2,3-4H3. The van der Waals surface area contributed by atoms with Crippen molar-refractivity contribution in [2.45, 2.75) is 13.5 Å². The number of hydrogen-bond donors (Lipinski definition) is 0. The third-order valence-corrected chi connectivity index (χ3v) is 3.89. The molecule has 3 rings (SSSR count). The number of aryl methyl sites for hydroxylation is 1. The number of aromatic nitrogens is 2. The van der Waals surface area contributed by atoms with E-state index in [1.807, 2.05) is 41.8 Å². The van der Waals surface area contributed by atoms with E-state index >= 15 is 0 Å². The molecule has 0 fully saturated rings. The highest BCUT2D eigenvalue weighted by atomic mass is 16.5. The average molecular weight is 330 g/mol. The summed E-state index contributed by atoms with van der Waals surface area (Å²) in [5.74, 6) is 7.14. The van der Waals surface area contributed by atoms with Crippen LogP contribution in [0, 0.1) is 31.6 Å². The zero-order chi connectivity index (χ0) is 17.8. The number of fused-ring (bicyclic) bond motifs is 1. The van der Waals surface area contributed by atoms with Crippen LogP contribution in [0.2, 0.25) is 0 Å². The highest BCUT2D eigenvalue weighted by Gasteiger charge is 2.14. The molecule has 0 radical (unpaired) electrons. The largest absolute Gasteiger partial charge is 0.493 e. The van der Waals surface area contributed by atoms with E-state index in [-0.39, 0.29) is 6.61 Å². The van der Waals surface area contributed by atoms with Gasteiger partial charge >= 0.3 is 0 Å². The van der Waals surface area contributed by atoms with Crippen LogP contribution in [0.3, 0.4) is 0 Å². The molecule has 0 spiro atoms. The van der Waals surface area contributed by atoms with Crippen LogP contribution in [0.5, 0.6) is 11.5 Å². The number of imidazole rings is 1. The summed E-state index contributed by atoms with van der Waals surface area (Å²) in [7, 11) is 1.59. The van der Waals surface area contributed by atoms with Gasteiger partial charge in [-0.15, -0.1) is 12.8 Å². The number of methoxy groups -OCH3 is 1. The first kappa shape index (κ1) is 16.5. The SMILES string of the molecule is C#CCOc1ccc(-c2nc3cc(C)ccc3n2CC#C)cc1OC. The first-order valence-corrected chi connectivity index (χ1v) is 7.83. The fourth-order valence-corrected chi connectivity index (χ4v) is 2.76. The molecule has 4 heteroatoms. The molecule has 25 heavy (non-hydrogen) atoms. The predicted molar refractivity (Wildman–Crippen MR) is 99.6 cm³/mol. The molecule has 2 aromatic carbocycles. The van der Waals surface area contributed by atoms with E-state index in [1.165, 1.54) is 0 Å². The summed E-state index contributed by atoms with van der Waals surface area (Å²) in [6, 6.07) is 11.8. The average Bonchev–Trinajstić information content (AvgIpc) is 2.97. The smallest absolute Gasteiger partial charge is 0.162 e. The molecule has 0 aliphatic rings. The number of benzene rings is 2. The zero-order valence-corrected chi connectivity index (χ0v) is 14.2. The number of rotatable bonds is 5. The fraction of sp³-hybridized carbons (Fsp3) is 0.190. The predicted octanol–water partition coefficient (Wildman–Crippen LogP) is 3.67. The minimum atomic E-state index is 0.185. The Labute approximate surface area is 147 Å². The Morgan fingerprint density at radius 3 is 2.64 bits per heavy atom. The van der Waals surface area contributed by atoms with Gasteiger partial charge in [-0.1, -0.05) is 17.9 Å². The summed E-state index contributed by atoms with van der Waals surface area (Å²) in [4.78, 5) is 4.77. The van der Waals surface area contributed by atoms with Crippen molar-refractivity contribution in [3.63, 3.8) is 0 Å². The second kappa shape index (κ2) is 7.03. The third-order valence-electron chi connectivity index (χ3n) is 3.89. The van der Waals surface area contributed by atoms with Crippen molar-refractivity contribution < 1.29 is 9.47 Å². The fourth-order valence-electron chi connectivity index (χ4n) is 2.76. The van der Waals surface area contributed by atoms with Crippen LogP contribution >= 0.6 is 0 Å². The summed E-state index contributed by atoms with van der Waals surface area (Å²) in [5, 5.41) is 0. The summed E-state index contributed by atoms with van der Waals surface area (Å²) < 4.78 is 12.9. The minimum Gasteiger partial charge on any atom is -0.493 e. The van der Waals surface area contributed by atoms with E-state index in [4.69, 9.17) is 27.3 Å².